The molecule has 0 spiro atoms. The molecule has 0 saturated heterocycles. The normalized spacial score (nSPS) is 33.6. The van der Waals surface area contributed by atoms with E-state index < -0.39 is 6.10 Å². The monoisotopic (exact) mass is 430 g/mol. The number of fused-ring (bicyclic) bond motifs is 1. The van der Waals surface area contributed by atoms with E-state index in [0.717, 1.165) is 31.4 Å². The minimum absolute atomic E-state index is 0.0336. The van der Waals surface area contributed by atoms with Crippen molar-refractivity contribution in [2.45, 2.75) is 72.1 Å². The van der Waals surface area contributed by atoms with Gasteiger partial charge in [-0.1, -0.05) is 26.8 Å². The first-order valence-corrected chi connectivity index (χ1v) is 11.7. The number of urea groups is 1. The molecule has 4 N–H and O–H groups in total. The lowest BCUT2D eigenvalue weighted by Gasteiger charge is -2.56. The fraction of sp³-hybridized carbons (Fsp3) is 0.708. The van der Waals surface area contributed by atoms with E-state index in [4.69, 9.17) is 0 Å². The molecule has 0 radical (unpaired) electrons. The summed E-state index contributed by atoms with van der Waals surface area (Å²) in [5.74, 6) is -0.223. The highest BCUT2D eigenvalue weighted by atomic mass is 16.3. The Morgan fingerprint density at radius 3 is 2.68 bits per heavy atom. The SMILES string of the molecule is CCNC(=O)N[C@H]1CC[C@]2(C)CC[C@@H]([C@H](C)C(=O)NCc3ccccn3)[C@H](O)[C@H]2[C@@H]1C. The predicted molar refractivity (Wildman–Crippen MR) is 120 cm³/mol. The molecule has 0 aliphatic heterocycles. The van der Waals surface area contributed by atoms with Crippen molar-refractivity contribution >= 4 is 11.9 Å². The molecule has 1 aromatic heterocycles. The van der Waals surface area contributed by atoms with Gasteiger partial charge in [-0.15, -0.1) is 0 Å². The molecular weight excluding hydrogens is 392 g/mol. The van der Waals surface area contributed by atoms with Crippen molar-refractivity contribution < 1.29 is 14.7 Å². The van der Waals surface area contributed by atoms with E-state index in [1.54, 1.807) is 6.20 Å². The molecule has 0 bridgehead atoms. The van der Waals surface area contributed by atoms with Crippen molar-refractivity contribution in [2.75, 3.05) is 6.54 Å². The minimum atomic E-state index is -0.566. The second-order valence-electron chi connectivity index (χ2n) is 9.71. The third-order valence-electron chi connectivity index (χ3n) is 7.77. The van der Waals surface area contributed by atoms with E-state index in [9.17, 15) is 14.7 Å². The Labute approximate surface area is 185 Å². The highest BCUT2D eigenvalue weighted by Gasteiger charge is 2.53. The molecule has 2 aliphatic carbocycles. The molecule has 2 aliphatic rings. The number of amides is 3. The summed E-state index contributed by atoms with van der Waals surface area (Å²) in [5.41, 5.74) is 0.860. The van der Waals surface area contributed by atoms with Crippen LogP contribution in [0.3, 0.4) is 0 Å². The van der Waals surface area contributed by atoms with Crippen LogP contribution in [0.4, 0.5) is 4.79 Å². The Morgan fingerprint density at radius 1 is 1.26 bits per heavy atom. The molecular formula is C24H38N4O3. The predicted octanol–water partition coefficient (Wildman–Crippen LogP) is 2.84. The Kier molecular flexibility index (Phi) is 7.57. The smallest absolute Gasteiger partial charge is 0.315 e. The van der Waals surface area contributed by atoms with Crippen LogP contribution >= 0.6 is 0 Å². The number of nitrogens with zero attached hydrogens (tertiary/aromatic N) is 1. The van der Waals surface area contributed by atoms with Crippen LogP contribution < -0.4 is 16.0 Å². The van der Waals surface area contributed by atoms with Gasteiger partial charge in [0.05, 0.1) is 18.3 Å². The van der Waals surface area contributed by atoms with Crippen LogP contribution in [0.25, 0.3) is 0 Å². The van der Waals surface area contributed by atoms with E-state index >= 15 is 0 Å². The Morgan fingerprint density at radius 2 is 2.00 bits per heavy atom. The van der Waals surface area contributed by atoms with Gasteiger partial charge >= 0.3 is 6.03 Å². The molecule has 3 rings (SSSR count). The molecule has 31 heavy (non-hydrogen) atoms. The van der Waals surface area contributed by atoms with Crippen LogP contribution in [-0.4, -0.2) is 40.7 Å². The van der Waals surface area contributed by atoms with Gasteiger partial charge in [-0.2, -0.15) is 0 Å². The molecule has 172 valence electrons. The third-order valence-corrected chi connectivity index (χ3v) is 7.77. The lowest BCUT2D eigenvalue weighted by Crippen LogP contribution is -2.59. The zero-order chi connectivity index (χ0) is 22.6. The van der Waals surface area contributed by atoms with Gasteiger partial charge in [0.1, 0.15) is 0 Å². The molecule has 7 heteroatoms. The second-order valence-corrected chi connectivity index (χ2v) is 9.71. The highest BCUT2D eigenvalue weighted by molar-refractivity contribution is 5.78. The number of rotatable bonds is 6. The zero-order valence-electron chi connectivity index (χ0n) is 19.2. The van der Waals surface area contributed by atoms with Crippen LogP contribution in [0.5, 0.6) is 0 Å². The zero-order valence-corrected chi connectivity index (χ0v) is 19.2. The van der Waals surface area contributed by atoms with E-state index in [0.29, 0.717) is 13.1 Å². The van der Waals surface area contributed by atoms with Gasteiger partial charge < -0.3 is 21.1 Å². The fourth-order valence-electron chi connectivity index (χ4n) is 5.91. The first kappa shape index (κ1) is 23.5. The number of hydrogen-bond donors (Lipinski definition) is 4. The molecule has 3 amide bonds. The molecule has 2 fully saturated rings. The highest BCUT2D eigenvalue weighted by Crippen LogP contribution is 2.55. The Bertz CT molecular complexity index is 758. The van der Waals surface area contributed by atoms with Gasteiger partial charge in [0.2, 0.25) is 5.91 Å². The van der Waals surface area contributed by atoms with Gasteiger partial charge in [0.15, 0.2) is 0 Å². The largest absolute Gasteiger partial charge is 0.392 e. The topological polar surface area (TPSA) is 103 Å². The number of aliphatic hydroxyl groups is 1. The maximum Gasteiger partial charge on any atom is 0.315 e. The molecule has 2 saturated carbocycles. The summed E-state index contributed by atoms with van der Waals surface area (Å²) < 4.78 is 0. The van der Waals surface area contributed by atoms with Crippen molar-refractivity contribution in [2.24, 2.45) is 29.1 Å². The molecule has 0 unspecified atom stereocenters. The van der Waals surface area contributed by atoms with Crippen molar-refractivity contribution in [3.63, 3.8) is 0 Å². The number of nitrogens with one attached hydrogen (secondary N) is 3. The summed E-state index contributed by atoms with van der Waals surface area (Å²) in [4.78, 5) is 29.2. The summed E-state index contributed by atoms with van der Waals surface area (Å²) in [6, 6.07) is 5.53. The average molecular weight is 431 g/mol. The lowest BCUT2D eigenvalue weighted by atomic mass is 9.52. The van der Waals surface area contributed by atoms with E-state index in [1.807, 2.05) is 32.0 Å². The first-order valence-electron chi connectivity index (χ1n) is 11.7. The van der Waals surface area contributed by atoms with Crippen molar-refractivity contribution in [1.29, 1.82) is 0 Å². The van der Waals surface area contributed by atoms with Crippen molar-refractivity contribution in [3.05, 3.63) is 30.1 Å². The van der Waals surface area contributed by atoms with Crippen LogP contribution in [0.15, 0.2) is 24.4 Å². The van der Waals surface area contributed by atoms with Crippen LogP contribution in [0, 0.1) is 29.1 Å². The second kappa shape index (κ2) is 9.98. The summed E-state index contributed by atoms with van der Waals surface area (Å²) in [7, 11) is 0. The fourth-order valence-corrected chi connectivity index (χ4v) is 5.91. The van der Waals surface area contributed by atoms with Crippen LogP contribution in [-0.2, 0) is 11.3 Å². The minimum Gasteiger partial charge on any atom is -0.392 e. The molecule has 7 atom stereocenters. The number of carbonyl (C=O) groups is 2. The number of aliphatic hydroxyl groups excluding tert-OH is 1. The molecule has 1 aromatic rings. The maximum absolute atomic E-state index is 12.8. The molecule has 1 heterocycles. The number of hydrogen-bond acceptors (Lipinski definition) is 4. The lowest BCUT2D eigenvalue weighted by molar-refractivity contribution is -0.142. The molecule has 0 aromatic carbocycles. The van der Waals surface area contributed by atoms with Gasteiger partial charge in [-0.05, 0) is 67.9 Å². The van der Waals surface area contributed by atoms with Crippen LogP contribution in [0.2, 0.25) is 0 Å². The summed E-state index contributed by atoms with van der Waals surface area (Å²) in [6.45, 7) is 9.20. The van der Waals surface area contributed by atoms with Crippen molar-refractivity contribution in [1.82, 2.24) is 20.9 Å². The average Bonchev–Trinajstić information content (AvgIpc) is 2.75. The maximum atomic E-state index is 12.8. The van der Waals surface area contributed by atoms with Crippen molar-refractivity contribution in [3.8, 4) is 0 Å². The standard InChI is InChI=1S/C24H38N4O3/c1-5-25-23(31)28-19-10-12-24(4)11-9-18(21(29)20(24)16(19)3)15(2)22(30)27-14-17-8-6-7-13-26-17/h6-8,13,15-16,18-21,29H,5,9-12,14H2,1-4H3,(H,27,30)(H2,25,28,31)/t15-,16+,18-,19-,20+,21-,24-/m0/s1. The quantitative estimate of drug-likeness (QED) is 0.557. The third kappa shape index (κ3) is 5.20. The summed E-state index contributed by atoms with van der Waals surface area (Å²) in [5, 5.41) is 20.3. The Hall–Kier alpha value is -2.15. The number of carbonyl (C=O) groups excluding carboxylic acids is 2. The van der Waals surface area contributed by atoms with E-state index in [-0.39, 0.29) is 47.1 Å². The number of pyridine rings is 1. The number of aromatic nitrogens is 1. The van der Waals surface area contributed by atoms with Gasteiger partial charge in [0.25, 0.3) is 0 Å². The summed E-state index contributed by atoms with van der Waals surface area (Å²) in [6.07, 6.45) is 4.88. The van der Waals surface area contributed by atoms with Crippen LogP contribution in [0.1, 0.15) is 59.1 Å². The first-order chi connectivity index (χ1) is 14.8. The molecule has 7 nitrogen and oxygen atoms in total. The summed E-state index contributed by atoms with van der Waals surface area (Å²) >= 11 is 0. The van der Waals surface area contributed by atoms with Gasteiger partial charge in [0, 0.05) is 24.7 Å². The van der Waals surface area contributed by atoms with E-state index in [1.165, 1.54) is 0 Å². The van der Waals surface area contributed by atoms with E-state index in [2.05, 4.69) is 34.8 Å². The van der Waals surface area contributed by atoms with Gasteiger partial charge in [-0.25, -0.2) is 4.79 Å². The van der Waals surface area contributed by atoms with Gasteiger partial charge in [-0.3, -0.25) is 9.78 Å². The Balaban J connectivity index is 1.66.